The second-order valence-electron chi connectivity index (χ2n) is 6.45. The first-order valence-corrected chi connectivity index (χ1v) is 8.72. The van der Waals surface area contributed by atoms with Crippen molar-refractivity contribution >= 4 is 34.0 Å². The van der Waals surface area contributed by atoms with E-state index in [-0.39, 0.29) is 17.7 Å². The van der Waals surface area contributed by atoms with Gasteiger partial charge in [-0.3, -0.25) is 9.59 Å². The van der Waals surface area contributed by atoms with Crippen LogP contribution in [0.25, 0.3) is 10.8 Å². The average molecular weight is 362 g/mol. The van der Waals surface area contributed by atoms with Gasteiger partial charge in [0.05, 0.1) is 13.0 Å². The van der Waals surface area contributed by atoms with E-state index in [9.17, 15) is 9.59 Å². The van der Waals surface area contributed by atoms with Gasteiger partial charge in [-0.25, -0.2) is 0 Å². The number of hydrogen-bond acceptors (Lipinski definition) is 3. The van der Waals surface area contributed by atoms with Gasteiger partial charge in [0.2, 0.25) is 11.8 Å². The molecule has 3 rings (SSSR count). The normalized spacial score (nSPS) is 11.7. The molecule has 0 aliphatic carbocycles. The summed E-state index contributed by atoms with van der Waals surface area (Å²) in [6.07, 6.45) is 0. The third-order valence-electron chi connectivity index (χ3n) is 4.42. The van der Waals surface area contributed by atoms with Crippen LogP contribution in [0.4, 0.5) is 11.4 Å². The second-order valence-corrected chi connectivity index (χ2v) is 6.45. The van der Waals surface area contributed by atoms with E-state index in [0.29, 0.717) is 11.4 Å². The molecule has 27 heavy (non-hydrogen) atoms. The molecule has 0 saturated heterocycles. The number of carbonyl (C=O) groups excluding carboxylic acids is 2. The standard InChI is InChI=1S/C22H22N2O3/c1-14(16-7-8-18-12-21(27-3)10-9-17(18)11-16)22(26)24-20-6-4-5-19(13-20)23-15(2)25/h4-14H,1-3H3,(H,23,25)(H,24,26)/t14-/m0/s1. The fourth-order valence-electron chi connectivity index (χ4n) is 2.92. The van der Waals surface area contributed by atoms with Crippen LogP contribution in [0.5, 0.6) is 5.75 Å². The summed E-state index contributed by atoms with van der Waals surface area (Å²) in [7, 11) is 1.64. The molecule has 2 N–H and O–H groups in total. The van der Waals surface area contributed by atoms with Crippen LogP contribution in [0.1, 0.15) is 25.3 Å². The van der Waals surface area contributed by atoms with Crippen LogP contribution in [0.15, 0.2) is 60.7 Å². The second kappa shape index (κ2) is 7.91. The van der Waals surface area contributed by atoms with Crippen LogP contribution in [0.2, 0.25) is 0 Å². The summed E-state index contributed by atoms with van der Waals surface area (Å²) in [5.41, 5.74) is 2.22. The van der Waals surface area contributed by atoms with E-state index in [1.807, 2.05) is 43.3 Å². The fraction of sp³-hybridized carbons (Fsp3) is 0.182. The highest BCUT2D eigenvalue weighted by atomic mass is 16.5. The van der Waals surface area contributed by atoms with Gasteiger partial charge in [0.1, 0.15) is 5.75 Å². The molecule has 0 aliphatic rings. The summed E-state index contributed by atoms with van der Waals surface area (Å²) in [6.45, 7) is 3.32. The van der Waals surface area contributed by atoms with Crippen LogP contribution in [0, 0.1) is 0 Å². The summed E-state index contributed by atoms with van der Waals surface area (Å²) in [4.78, 5) is 23.8. The first-order valence-electron chi connectivity index (χ1n) is 8.72. The summed E-state index contributed by atoms with van der Waals surface area (Å²) in [5, 5.41) is 7.74. The maximum absolute atomic E-state index is 12.7. The van der Waals surface area contributed by atoms with E-state index < -0.39 is 0 Å². The molecule has 1 atom stereocenters. The summed E-state index contributed by atoms with van der Waals surface area (Å²) in [5.74, 6) is 0.225. The SMILES string of the molecule is COc1ccc2cc([C@H](C)C(=O)Nc3cccc(NC(C)=O)c3)ccc2c1. The molecule has 0 heterocycles. The highest BCUT2D eigenvalue weighted by molar-refractivity contribution is 5.97. The molecule has 0 fully saturated rings. The lowest BCUT2D eigenvalue weighted by atomic mass is 9.97. The monoisotopic (exact) mass is 362 g/mol. The Kier molecular flexibility index (Phi) is 5.41. The number of rotatable bonds is 5. The van der Waals surface area contributed by atoms with Crippen LogP contribution in [-0.2, 0) is 9.59 Å². The number of benzene rings is 3. The lowest BCUT2D eigenvalue weighted by Gasteiger charge is -2.14. The van der Waals surface area contributed by atoms with Gasteiger partial charge >= 0.3 is 0 Å². The highest BCUT2D eigenvalue weighted by Crippen LogP contribution is 2.26. The fourth-order valence-corrected chi connectivity index (χ4v) is 2.92. The van der Waals surface area contributed by atoms with Crippen molar-refractivity contribution in [2.24, 2.45) is 0 Å². The molecule has 0 aliphatic heterocycles. The number of hydrogen-bond donors (Lipinski definition) is 2. The molecule has 0 aromatic heterocycles. The van der Waals surface area contributed by atoms with Crippen molar-refractivity contribution in [1.29, 1.82) is 0 Å². The van der Waals surface area contributed by atoms with E-state index in [4.69, 9.17) is 4.74 Å². The molecule has 5 heteroatoms. The van der Waals surface area contributed by atoms with Gasteiger partial charge in [-0.05, 0) is 53.6 Å². The van der Waals surface area contributed by atoms with Crippen LogP contribution in [-0.4, -0.2) is 18.9 Å². The number of amides is 2. The van der Waals surface area contributed by atoms with Crippen molar-refractivity contribution in [3.63, 3.8) is 0 Å². The zero-order valence-corrected chi connectivity index (χ0v) is 15.6. The predicted molar refractivity (Wildman–Crippen MR) is 108 cm³/mol. The summed E-state index contributed by atoms with van der Waals surface area (Å²) < 4.78 is 5.25. The third kappa shape index (κ3) is 4.44. The minimum absolute atomic E-state index is 0.108. The predicted octanol–water partition coefficient (Wildman–Crippen LogP) is 4.55. The number of fused-ring (bicyclic) bond motifs is 1. The topological polar surface area (TPSA) is 67.4 Å². The van der Waals surface area contributed by atoms with E-state index >= 15 is 0 Å². The number of anilines is 2. The van der Waals surface area contributed by atoms with Gasteiger partial charge in [-0.15, -0.1) is 0 Å². The van der Waals surface area contributed by atoms with Gasteiger partial charge in [0.25, 0.3) is 0 Å². The molecule has 0 bridgehead atoms. The Bertz CT molecular complexity index is 998. The molecule has 2 amide bonds. The van der Waals surface area contributed by atoms with Gasteiger partial charge in [0.15, 0.2) is 0 Å². The lowest BCUT2D eigenvalue weighted by Crippen LogP contribution is -2.19. The molecule has 138 valence electrons. The van der Waals surface area contributed by atoms with Gasteiger partial charge in [-0.2, -0.15) is 0 Å². The number of carbonyl (C=O) groups is 2. The molecule has 0 saturated carbocycles. The molecule has 5 nitrogen and oxygen atoms in total. The molecule has 0 spiro atoms. The van der Waals surface area contributed by atoms with Crippen LogP contribution < -0.4 is 15.4 Å². The van der Waals surface area contributed by atoms with E-state index in [2.05, 4.69) is 10.6 Å². The van der Waals surface area contributed by atoms with Crippen LogP contribution >= 0.6 is 0 Å². The molecule has 0 unspecified atom stereocenters. The largest absolute Gasteiger partial charge is 0.497 e. The highest BCUT2D eigenvalue weighted by Gasteiger charge is 2.16. The van der Waals surface area contributed by atoms with E-state index in [1.54, 1.807) is 31.4 Å². The van der Waals surface area contributed by atoms with Crippen molar-refractivity contribution in [3.8, 4) is 5.75 Å². The Morgan fingerprint density at radius 2 is 1.56 bits per heavy atom. The Morgan fingerprint density at radius 1 is 0.889 bits per heavy atom. The quantitative estimate of drug-likeness (QED) is 0.700. The van der Waals surface area contributed by atoms with Crippen molar-refractivity contribution < 1.29 is 14.3 Å². The number of nitrogens with one attached hydrogen (secondary N) is 2. The number of ether oxygens (including phenoxy) is 1. The molecular weight excluding hydrogens is 340 g/mol. The van der Waals surface area contributed by atoms with Crippen molar-refractivity contribution in [3.05, 3.63) is 66.2 Å². The van der Waals surface area contributed by atoms with E-state index in [1.165, 1.54) is 6.92 Å². The Labute approximate surface area is 158 Å². The molecular formula is C22H22N2O3. The summed E-state index contributed by atoms with van der Waals surface area (Å²) >= 11 is 0. The van der Waals surface area contributed by atoms with Crippen molar-refractivity contribution in [2.75, 3.05) is 17.7 Å². The average Bonchev–Trinajstić information content (AvgIpc) is 2.66. The third-order valence-corrected chi connectivity index (χ3v) is 4.42. The molecule has 0 radical (unpaired) electrons. The minimum Gasteiger partial charge on any atom is -0.497 e. The van der Waals surface area contributed by atoms with Crippen LogP contribution in [0.3, 0.4) is 0 Å². The van der Waals surface area contributed by atoms with Crippen molar-refractivity contribution in [1.82, 2.24) is 0 Å². The minimum atomic E-state index is -0.319. The lowest BCUT2D eigenvalue weighted by molar-refractivity contribution is -0.117. The Balaban J connectivity index is 1.77. The maximum Gasteiger partial charge on any atom is 0.231 e. The Hall–Kier alpha value is -3.34. The molecule has 3 aromatic carbocycles. The Morgan fingerprint density at radius 3 is 2.26 bits per heavy atom. The van der Waals surface area contributed by atoms with Gasteiger partial charge in [-0.1, -0.05) is 30.3 Å². The smallest absolute Gasteiger partial charge is 0.231 e. The van der Waals surface area contributed by atoms with E-state index in [0.717, 1.165) is 22.1 Å². The number of methoxy groups -OCH3 is 1. The summed E-state index contributed by atoms with van der Waals surface area (Å²) in [6, 6.07) is 18.9. The van der Waals surface area contributed by atoms with Crippen molar-refractivity contribution in [2.45, 2.75) is 19.8 Å². The van der Waals surface area contributed by atoms with Gasteiger partial charge in [0, 0.05) is 18.3 Å². The molecule has 3 aromatic rings. The maximum atomic E-state index is 12.7. The zero-order valence-electron chi connectivity index (χ0n) is 15.6. The zero-order chi connectivity index (χ0) is 19.4. The first-order chi connectivity index (χ1) is 13.0. The first kappa shape index (κ1) is 18.5. The van der Waals surface area contributed by atoms with Gasteiger partial charge < -0.3 is 15.4 Å².